The third kappa shape index (κ3) is 8.42. The van der Waals surface area contributed by atoms with Gasteiger partial charge in [-0.2, -0.15) is 0 Å². The van der Waals surface area contributed by atoms with Crippen molar-refractivity contribution in [3.8, 4) is 0 Å². The summed E-state index contributed by atoms with van der Waals surface area (Å²) >= 11 is 0. The summed E-state index contributed by atoms with van der Waals surface area (Å²) in [5.41, 5.74) is -0.380. The second-order valence-electron chi connectivity index (χ2n) is 5.11. The van der Waals surface area contributed by atoms with Gasteiger partial charge in [-0.15, -0.1) is 0 Å². The molecule has 5 heteroatoms. The monoisotopic (exact) mass is 309 g/mol. The molecule has 0 fully saturated rings. The van der Waals surface area contributed by atoms with Crippen molar-refractivity contribution in [1.82, 2.24) is 4.90 Å². The molecule has 0 radical (unpaired) electrons. The number of carboxylic acids is 2. The fourth-order valence-corrected chi connectivity index (χ4v) is 1.82. The Kier molecular flexibility index (Phi) is 10.7. The highest BCUT2D eigenvalue weighted by molar-refractivity contribution is 6.01. The molecule has 0 spiro atoms. The summed E-state index contributed by atoms with van der Waals surface area (Å²) in [6.07, 6.45) is 5.52. The summed E-state index contributed by atoms with van der Waals surface area (Å²) < 4.78 is 0. The van der Waals surface area contributed by atoms with Crippen LogP contribution in [0.5, 0.6) is 0 Å². The Labute approximate surface area is 132 Å². The molecule has 0 saturated carbocycles. The standard InChI is InChI=1S/C9H21N.C8H6O4/c1-4-6-7-8-9-10(3)5-2;9-7(10)5-3-1-2-4-6(5)8(11)12/h4-9H2,1-3H3;1-4H,(H,9,10)(H,11,12). The lowest BCUT2D eigenvalue weighted by Crippen LogP contribution is -2.18. The van der Waals surface area contributed by atoms with Gasteiger partial charge in [0, 0.05) is 0 Å². The molecule has 0 aliphatic carbocycles. The molecular weight excluding hydrogens is 282 g/mol. The maximum absolute atomic E-state index is 10.5. The van der Waals surface area contributed by atoms with Crippen LogP contribution in [-0.2, 0) is 0 Å². The molecule has 1 rings (SSSR count). The summed E-state index contributed by atoms with van der Waals surface area (Å²) in [5, 5.41) is 17.1. The number of carbonyl (C=O) groups is 2. The van der Waals surface area contributed by atoms with Gasteiger partial charge in [0.25, 0.3) is 0 Å². The Balaban J connectivity index is 0.000000409. The van der Waals surface area contributed by atoms with Crippen LogP contribution in [0.15, 0.2) is 24.3 Å². The largest absolute Gasteiger partial charge is 0.478 e. The van der Waals surface area contributed by atoms with Gasteiger partial charge in [-0.05, 0) is 38.7 Å². The van der Waals surface area contributed by atoms with E-state index in [0.717, 1.165) is 0 Å². The van der Waals surface area contributed by atoms with Gasteiger partial charge in [-0.1, -0.05) is 45.2 Å². The first-order valence-electron chi connectivity index (χ1n) is 7.68. The fourth-order valence-electron chi connectivity index (χ4n) is 1.82. The maximum atomic E-state index is 10.5. The summed E-state index contributed by atoms with van der Waals surface area (Å²) in [4.78, 5) is 23.3. The first-order chi connectivity index (χ1) is 10.4. The number of rotatable bonds is 8. The number of hydrogen-bond donors (Lipinski definition) is 2. The van der Waals surface area contributed by atoms with Crippen molar-refractivity contribution in [2.24, 2.45) is 0 Å². The lowest BCUT2D eigenvalue weighted by atomic mass is 10.1. The number of aromatic carboxylic acids is 2. The number of benzene rings is 1. The summed E-state index contributed by atoms with van der Waals surface area (Å²) in [6, 6.07) is 5.48. The minimum atomic E-state index is -1.23. The van der Waals surface area contributed by atoms with Gasteiger partial charge in [-0.25, -0.2) is 9.59 Å². The predicted molar refractivity (Wildman–Crippen MR) is 87.7 cm³/mol. The first-order valence-corrected chi connectivity index (χ1v) is 7.68. The minimum absolute atomic E-state index is 0.190. The van der Waals surface area contributed by atoms with Gasteiger partial charge in [0.2, 0.25) is 0 Å². The number of nitrogens with zero attached hydrogens (tertiary/aromatic N) is 1. The van der Waals surface area contributed by atoms with Crippen LogP contribution >= 0.6 is 0 Å². The molecule has 0 atom stereocenters. The molecule has 2 N–H and O–H groups in total. The number of carboxylic acid groups (broad SMARTS) is 2. The van der Waals surface area contributed by atoms with Crippen molar-refractivity contribution in [1.29, 1.82) is 0 Å². The average molecular weight is 309 g/mol. The van der Waals surface area contributed by atoms with Gasteiger partial charge >= 0.3 is 11.9 Å². The Bertz CT molecular complexity index is 427. The summed E-state index contributed by atoms with van der Waals surface area (Å²) in [7, 11) is 2.19. The van der Waals surface area contributed by atoms with Crippen LogP contribution in [-0.4, -0.2) is 47.2 Å². The van der Waals surface area contributed by atoms with Crippen LogP contribution in [0.1, 0.15) is 60.2 Å². The molecule has 0 aliphatic rings. The van der Waals surface area contributed by atoms with Crippen molar-refractivity contribution in [3.63, 3.8) is 0 Å². The third-order valence-electron chi connectivity index (χ3n) is 3.32. The Morgan fingerprint density at radius 1 is 0.955 bits per heavy atom. The zero-order valence-electron chi connectivity index (χ0n) is 13.7. The number of hydrogen-bond acceptors (Lipinski definition) is 3. The van der Waals surface area contributed by atoms with Crippen LogP contribution < -0.4 is 0 Å². The molecule has 0 bridgehead atoms. The molecule has 1 aromatic carbocycles. The fraction of sp³-hybridized carbons (Fsp3) is 0.529. The SMILES string of the molecule is CCCCCCN(C)CC.O=C(O)c1ccccc1C(=O)O. The van der Waals surface area contributed by atoms with Crippen molar-refractivity contribution in [3.05, 3.63) is 35.4 Å². The van der Waals surface area contributed by atoms with Gasteiger partial charge in [-0.3, -0.25) is 0 Å². The van der Waals surface area contributed by atoms with E-state index in [0.29, 0.717) is 0 Å². The van der Waals surface area contributed by atoms with Crippen molar-refractivity contribution in [2.75, 3.05) is 20.1 Å². The van der Waals surface area contributed by atoms with E-state index in [1.165, 1.54) is 63.0 Å². The molecule has 5 nitrogen and oxygen atoms in total. The molecule has 0 amide bonds. The molecule has 124 valence electrons. The average Bonchev–Trinajstić information content (AvgIpc) is 2.51. The topological polar surface area (TPSA) is 77.8 Å². The minimum Gasteiger partial charge on any atom is -0.478 e. The second kappa shape index (κ2) is 11.7. The zero-order chi connectivity index (χ0) is 17.0. The van der Waals surface area contributed by atoms with E-state index in [1.807, 2.05) is 0 Å². The first kappa shape index (κ1) is 20.1. The van der Waals surface area contributed by atoms with Crippen molar-refractivity contribution in [2.45, 2.75) is 39.5 Å². The summed E-state index contributed by atoms with van der Waals surface area (Å²) in [5.74, 6) is -2.46. The quantitative estimate of drug-likeness (QED) is 0.717. The molecule has 22 heavy (non-hydrogen) atoms. The third-order valence-corrected chi connectivity index (χ3v) is 3.32. The van der Waals surface area contributed by atoms with Gasteiger partial charge in [0.1, 0.15) is 0 Å². The Hall–Kier alpha value is -1.88. The molecule has 0 heterocycles. The lowest BCUT2D eigenvalue weighted by molar-refractivity contribution is 0.0651. The van der Waals surface area contributed by atoms with E-state index in [-0.39, 0.29) is 11.1 Å². The van der Waals surface area contributed by atoms with Crippen LogP contribution in [0.4, 0.5) is 0 Å². The molecule has 0 saturated heterocycles. The second-order valence-corrected chi connectivity index (χ2v) is 5.11. The highest BCUT2D eigenvalue weighted by atomic mass is 16.4. The molecular formula is C17H27NO4. The van der Waals surface area contributed by atoms with Gasteiger partial charge < -0.3 is 15.1 Å². The van der Waals surface area contributed by atoms with E-state index < -0.39 is 11.9 Å². The molecule has 0 aromatic heterocycles. The van der Waals surface area contributed by atoms with Crippen LogP contribution in [0.2, 0.25) is 0 Å². The van der Waals surface area contributed by atoms with E-state index >= 15 is 0 Å². The highest BCUT2D eigenvalue weighted by Gasteiger charge is 2.13. The Morgan fingerprint density at radius 3 is 1.82 bits per heavy atom. The Morgan fingerprint density at radius 2 is 1.45 bits per heavy atom. The lowest BCUT2D eigenvalue weighted by Gasteiger charge is -2.12. The maximum Gasteiger partial charge on any atom is 0.336 e. The van der Waals surface area contributed by atoms with E-state index in [1.54, 1.807) is 0 Å². The summed E-state index contributed by atoms with van der Waals surface area (Å²) in [6.45, 7) is 6.92. The van der Waals surface area contributed by atoms with Gasteiger partial charge in [0.05, 0.1) is 11.1 Å². The van der Waals surface area contributed by atoms with E-state index in [4.69, 9.17) is 10.2 Å². The molecule has 0 aliphatic heterocycles. The normalized spacial score (nSPS) is 10.0. The van der Waals surface area contributed by atoms with E-state index in [2.05, 4.69) is 25.8 Å². The van der Waals surface area contributed by atoms with Crippen LogP contribution in [0.25, 0.3) is 0 Å². The van der Waals surface area contributed by atoms with Gasteiger partial charge in [0.15, 0.2) is 0 Å². The van der Waals surface area contributed by atoms with Crippen molar-refractivity contribution < 1.29 is 19.8 Å². The van der Waals surface area contributed by atoms with Crippen LogP contribution in [0.3, 0.4) is 0 Å². The molecule has 1 aromatic rings. The highest BCUT2D eigenvalue weighted by Crippen LogP contribution is 2.07. The number of unbranched alkanes of at least 4 members (excludes halogenated alkanes) is 3. The molecule has 0 unspecified atom stereocenters. The van der Waals surface area contributed by atoms with Crippen LogP contribution in [0, 0.1) is 0 Å². The zero-order valence-corrected chi connectivity index (χ0v) is 13.7. The van der Waals surface area contributed by atoms with E-state index in [9.17, 15) is 9.59 Å². The van der Waals surface area contributed by atoms with Crippen molar-refractivity contribution >= 4 is 11.9 Å². The smallest absolute Gasteiger partial charge is 0.336 e. The predicted octanol–water partition coefficient (Wildman–Crippen LogP) is 3.60.